The van der Waals surface area contributed by atoms with Crippen molar-refractivity contribution in [2.24, 2.45) is 0 Å². The van der Waals surface area contributed by atoms with Crippen LogP contribution in [0.5, 0.6) is 0 Å². The summed E-state index contributed by atoms with van der Waals surface area (Å²) < 4.78 is 7.86. The quantitative estimate of drug-likeness (QED) is 0.229. The van der Waals surface area contributed by atoms with Crippen LogP contribution < -0.4 is 5.73 Å². The van der Waals surface area contributed by atoms with Crippen LogP contribution >= 0.6 is 0 Å². The number of carbonyl (C=O) groups excluding carboxylic acids is 1. The molecular weight excluding hydrogens is 398 g/mol. The summed E-state index contributed by atoms with van der Waals surface area (Å²) in [6.07, 6.45) is 2.14. The number of ether oxygens (including phenoxy) is 1. The number of para-hydroxylation sites is 1. The first kappa shape index (κ1) is 21.5. The van der Waals surface area contributed by atoms with Crippen molar-refractivity contribution in [1.82, 2.24) is 4.57 Å². The molecule has 3 aromatic carbocycles. The molecule has 1 heterocycles. The first-order chi connectivity index (χ1) is 15.4. The number of hydrogen-bond donors (Lipinski definition) is 2. The highest BCUT2D eigenvalue weighted by atomic mass is 16.5. The molecule has 4 rings (SSSR count). The maximum Gasteiger partial charge on any atom is 0.150 e. The standard InChI is InChI=1S/C27H27N3O2/c1-27(2,17-32-3)26-25(19-11-9-18(16-31)10-12-19)22-14-23(29)20(15-28)13-24(22)30(26)21-7-5-4-6-8-21/h4-16,28H,17,29H2,1-3H3. The Balaban J connectivity index is 2.20. The van der Waals surface area contributed by atoms with Gasteiger partial charge in [-0.1, -0.05) is 56.3 Å². The number of nitrogens with two attached hydrogens (primary N) is 1. The van der Waals surface area contributed by atoms with Gasteiger partial charge < -0.3 is 20.4 Å². The van der Waals surface area contributed by atoms with Gasteiger partial charge in [0, 0.05) is 57.9 Å². The zero-order valence-electron chi connectivity index (χ0n) is 18.6. The zero-order chi connectivity index (χ0) is 22.9. The van der Waals surface area contributed by atoms with Crippen molar-refractivity contribution in [2.45, 2.75) is 19.3 Å². The molecule has 0 amide bonds. The number of nitrogen functional groups attached to an aromatic ring is 1. The Hall–Kier alpha value is -3.70. The molecule has 5 heteroatoms. The topological polar surface area (TPSA) is 81.1 Å². The van der Waals surface area contributed by atoms with Gasteiger partial charge in [-0.05, 0) is 29.8 Å². The highest BCUT2D eigenvalue weighted by molar-refractivity contribution is 6.05. The molecule has 4 aromatic rings. The Morgan fingerprint density at radius 2 is 1.75 bits per heavy atom. The fourth-order valence-electron chi connectivity index (χ4n) is 4.43. The molecule has 1 aromatic heterocycles. The van der Waals surface area contributed by atoms with Crippen LogP contribution in [-0.2, 0) is 10.2 Å². The zero-order valence-corrected chi connectivity index (χ0v) is 18.6. The summed E-state index contributed by atoms with van der Waals surface area (Å²) in [6.45, 7) is 4.84. The minimum Gasteiger partial charge on any atom is -0.398 e. The predicted octanol–water partition coefficient (Wildman–Crippen LogP) is 5.61. The number of aldehydes is 1. The summed E-state index contributed by atoms with van der Waals surface area (Å²) in [5.41, 5.74) is 13.0. The van der Waals surface area contributed by atoms with Crippen molar-refractivity contribution in [3.63, 3.8) is 0 Å². The lowest BCUT2D eigenvalue weighted by Gasteiger charge is -2.28. The molecule has 0 unspecified atom stereocenters. The second-order valence-electron chi connectivity index (χ2n) is 8.59. The van der Waals surface area contributed by atoms with E-state index in [-0.39, 0.29) is 5.41 Å². The van der Waals surface area contributed by atoms with E-state index in [2.05, 4.69) is 30.5 Å². The lowest BCUT2D eigenvalue weighted by molar-refractivity contribution is 0.112. The van der Waals surface area contributed by atoms with Crippen molar-refractivity contribution in [3.8, 4) is 16.8 Å². The number of carbonyl (C=O) groups is 1. The predicted molar refractivity (Wildman–Crippen MR) is 131 cm³/mol. The molecule has 0 radical (unpaired) electrons. The molecule has 0 aliphatic heterocycles. The number of fused-ring (bicyclic) bond motifs is 1. The molecule has 0 spiro atoms. The second kappa shape index (κ2) is 8.44. The monoisotopic (exact) mass is 425 g/mol. The van der Waals surface area contributed by atoms with E-state index >= 15 is 0 Å². The maximum absolute atomic E-state index is 11.2. The average Bonchev–Trinajstić information content (AvgIpc) is 3.14. The van der Waals surface area contributed by atoms with E-state index in [1.807, 2.05) is 54.6 Å². The minimum absolute atomic E-state index is 0.345. The fraction of sp³-hybridized carbons (Fsp3) is 0.185. The molecule has 0 bridgehead atoms. The number of methoxy groups -OCH3 is 1. The maximum atomic E-state index is 11.2. The van der Waals surface area contributed by atoms with E-state index in [1.165, 1.54) is 6.21 Å². The first-order valence-electron chi connectivity index (χ1n) is 10.5. The first-order valence-corrected chi connectivity index (χ1v) is 10.5. The number of nitrogens with zero attached hydrogens (tertiary/aromatic N) is 1. The van der Waals surface area contributed by atoms with Gasteiger partial charge in [0.25, 0.3) is 0 Å². The molecule has 5 nitrogen and oxygen atoms in total. The van der Waals surface area contributed by atoms with Gasteiger partial charge >= 0.3 is 0 Å². The number of rotatable bonds is 7. The van der Waals surface area contributed by atoms with Gasteiger partial charge in [-0.3, -0.25) is 4.79 Å². The molecule has 0 aliphatic carbocycles. The van der Waals surface area contributed by atoms with Crippen molar-refractivity contribution in [3.05, 3.63) is 83.6 Å². The largest absolute Gasteiger partial charge is 0.398 e. The van der Waals surface area contributed by atoms with Crippen molar-refractivity contribution in [2.75, 3.05) is 19.5 Å². The number of anilines is 1. The molecule has 0 atom stereocenters. The van der Waals surface area contributed by atoms with Gasteiger partial charge in [-0.2, -0.15) is 0 Å². The van der Waals surface area contributed by atoms with E-state index < -0.39 is 0 Å². The molecule has 162 valence electrons. The van der Waals surface area contributed by atoms with Gasteiger partial charge in [-0.25, -0.2) is 0 Å². The van der Waals surface area contributed by atoms with Crippen LogP contribution in [0, 0.1) is 5.41 Å². The molecule has 0 aliphatic rings. The van der Waals surface area contributed by atoms with E-state index in [0.29, 0.717) is 23.4 Å². The van der Waals surface area contributed by atoms with Gasteiger partial charge in [0.1, 0.15) is 6.29 Å². The Labute approximate surface area is 188 Å². The van der Waals surface area contributed by atoms with E-state index in [9.17, 15) is 4.79 Å². The summed E-state index contributed by atoms with van der Waals surface area (Å²) >= 11 is 0. The number of aromatic nitrogens is 1. The van der Waals surface area contributed by atoms with Crippen LogP contribution in [0.3, 0.4) is 0 Å². The van der Waals surface area contributed by atoms with Crippen LogP contribution in [-0.4, -0.2) is 30.8 Å². The smallest absolute Gasteiger partial charge is 0.150 e. The lowest BCUT2D eigenvalue weighted by atomic mass is 9.84. The van der Waals surface area contributed by atoms with Gasteiger partial charge in [0.2, 0.25) is 0 Å². The van der Waals surface area contributed by atoms with Crippen LogP contribution in [0.25, 0.3) is 27.7 Å². The lowest BCUT2D eigenvalue weighted by Crippen LogP contribution is -2.27. The molecular formula is C27H27N3O2. The summed E-state index contributed by atoms with van der Waals surface area (Å²) in [5, 5.41) is 8.82. The Morgan fingerprint density at radius 3 is 2.34 bits per heavy atom. The molecule has 0 saturated carbocycles. The number of nitrogens with one attached hydrogen (secondary N) is 1. The number of hydrogen-bond acceptors (Lipinski definition) is 4. The summed E-state index contributed by atoms with van der Waals surface area (Å²) in [4.78, 5) is 11.2. The van der Waals surface area contributed by atoms with Crippen LogP contribution in [0.2, 0.25) is 0 Å². The number of benzene rings is 3. The van der Waals surface area contributed by atoms with E-state index in [4.69, 9.17) is 15.9 Å². The second-order valence-corrected chi connectivity index (χ2v) is 8.59. The molecule has 32 heavy (non-hydrogen) atoms. The highest BCUT2D eigenvalue weighted by Crippen LogP contribution is 2.44. The minimum atomic E-state index is -0.345. The highest BCUT2D eigenvalue weighted by Gasteiger charge is 2.32. The average molecular weight is 426 g/mol. The SMILES string of the molecule is COCC(C)(C)c1c(-c2ccc(C=O)cc2)c2cc(N)c(C=N)cc2n1-c1ccccc1. The Kier molecular flexibility index (Phi) is 5.68. The van der Waals surface area contributed by atoms with E-state index in [0.717, 1.165) is 39.7 Å². The van der Waals surface area contributed by atoms with Crippen molar-refractivity contribution < 1.29 is 9.53 Å². The third kappa shape index (κ3) is 3.61. The van der Waals surface area contributed by atoms with Crippen molar-refractivity contribution in [1.29, 1.82) is 5.41 Å². The summed E-state index contributed by atoms with van der Waals surface area (Å²) in [7, 11) is 1.71. The molecule has 0 fully saturated rings. The summed E-state index contributed by atoms with van der Waals surface area (Å²) in [6, 6.07) is 21.7. The van der Waals surface area contributed by atoms with Gasteiger partial charge in [0.05, 0.1) is 12.1 Å². The third-order valence-corrected chi connectivity index (χ3v) is 5.82. The molecule has 3 N–H and O–H groups in total. The molecule has 0 saturated heterocycles. The van der Waals surface area contributed by atoms with Crippen LogP contribution in [0.1, 0.15) is 35.5 Å². The van der Waals surface area contributed by atoms with Gasteiger partial charge in [-0.15, -0.1) is 0 Å². The third-order valence-electron chi connectivity index (χ3n) is 5.82. The Bertz CT molecular complexity index is 1290. The Morgan fingerprint density at radius 1 is 1.06 bits per heavy atom. The van der Waals surface area contributed by atoms with Crippen molar-refractivity contribution >= 4 is 29.1 Å². The summed E-state index contributed by atoms with van der Waals surface area (Å²) in [5.74, 6) is 0. The van der Waals surface area contributed by atoms with Crippen LogP contribution in [0.4, 0.5) is 5.69 Å². The normalized spacial score (nSPS) is 11.6. The fourth-order valence-corrected chi connectivity index (χ4v) is 4.43. The van der Waals surface area contributed by atoms with Crippen LogP contribution in [0.15, 0.2) is 66.7 Å². The van der Waals surface area contributed by atoms with E-state index in [1.54, 1.807) is 7.11 Å². The van der Waals surface area contributed by atoms with Gasteiger partial charge in [0.15, 0.2) is 0 Å².